The van der Waals surface area contributed by atoms with Crippen LogP contribution in [0.1, 0.15) is 38.2 Å². The van der Waals surface area contributed by atoms with Crippen LogP contribution >= 0.6 is 11.8 Å². The maximum absolute atomic E-state index is 12.8. The quantitative estimate of drug-likeness (QED) is 0.755. The number of carbonyl (C=O) groups excluding carboxylic acids is 1. The van der Waals surface area contributed by atoms with E-state index in [0.29, 0.717) is 11.0 Å². The summed E-state index contributed by atoms with van der Waals surface area (Å²) in [6.07, 6.45) is 3.82. The molecule has 1 amide bonds. The van der Waals surface area contributed by atoms with E-state index in [0.717, 1.165) is 41.0 Å². The molecule has 1 fully saturated rings. The van der Waals surface area contributed by atoms with E-state index >= 15 is 0 Å². The van der Waals surface area contributed by atoms with E-state index in [-0.39, 0.29) is 23.1 Å². The molecule has 0 radical (unpaired) electrons. The predicted molar refractivity (Wildman–Crippen MR) is 103 cm³/mol. The van der Waals surface area contributed by atoms with Gasteiger partial charge in [-0.05, 0) is 24.3 Å². The van der Waals surface area contributed by atoms with Crippen molar-refractivity contribution in [2.24, 2.45) is 14.1 Å². The third-order valence-corrected chi connectivity index (χ3v) is 5.99. The number of nitrogens with zero attached hydrogens (tertiary/aromatic N) is 4. The molecule has 0 aromatic carbocycles. The minimum absolute atomic E-state index is 0.0915. The summed E-state index contributed by atoms with van der Waals surface area (Å²) < 4.78 is 2.48. The Morgan fingerprint density at radius 3 is 2.46 bits per heavy atom. The third-order valence-electron chi connectivity index (χ3n) is 4.87. The largest absolute Gasteiger partial charge is 0.342 e. The van der Waals surface area contributed by atoms with E-state index in [1.165, 1.54) is 23.4 Å². The average Bonchev–Trinajstić information content (AvgIpc) is 3.16. The molecular formula is C18H24N4O3S. The van der Waals surface area contributed by atoms with Gasteiger partial charge in [0.1, 0.15) is 5.65 Å². The molecule has 26 heavy (non-hydrogen) atoms. The summed E-state index contributed by atoms with van der Waals surface area (Å²) >= 11 is 1.38. The molecule has 0 saturated carbocycles. The molecule has 1 aliphatic heterocycles. The molecule has 2 aromatic rings. The number of aromatic nitrogens is 3. The summed E-state index contributed by atoms with van der Waals surface area (Å²) in [5.41, 5.74) is 0.511. The average molecular weight is 376 g/mol. The minimum Gasteiger partial charge on any atom is -0.342 e. The van der Waals surface area contributed by atoms with Crippen molar-refractivity contribution < 1.29 is 4.79 Å². The van der Waals surface area contributed by atoms with Crippen LogP contribution in [0.2, 0.25) is 0 Å². The Balaban J connectivity index is 2.11. The SMILES string of the molecule is CC(C)c1cnc2c(c1SCC(=O)N1CCCC1)c(=O)n(C)c(=O)n2C. The number of fused-ring (bicyclic) bond motifs is 1. The summed E-state index contributed by atoms with van der Waals surface area (Å²) in [6.45, 7) is 5.68. The molecule has 0 aliphatic carbocycles. The number of hydrogen-bond donors (Lipinski definition) is 0. The number of amides is 1. The Morgan fingerprint density at radius 1 is 1.19 bits per heavy atom. The van der Waals surface area contributed by atoms with Gasteiger partial charge in [0.15, 0.2) is 0 Å². The number of rotatable bonds is 4. The van der Waals surface area contributed by atoms with Crippen molar-refractivity contribution in [2.75, 3.05) is 18.8 Å². The van der Waals surface area contributed by atoms with Crippen LogP contribution in [0.25, 0.3) is 11.0 Å². The smallest absolute Gasteiger partial charge is 0.332 e. The van der Waals surface area contributed by atoms with E-state index in [9.17, 15) is 14.4 Å². The Bertz CT molecular complexity index is 971. The predicted octanol–water partition coefficient (Wildman–Crippen LogP) is 1.47. The zero-order valence-corrected chi connectivity index (χ0v) is 16.4. The fourth-order valence-electron chi connectivity index (χ4n) is 3.28. The van der Waals surface area contributed by atoms with E-state index < -0.39 is 5.69 Å². The highest BCUT2D eigenvalue weighted by Gasteiger charge is 2.22. The van der Waals surface area contributed by atoms with Gasteiger partial charge in [0.25, 0.3) is 5.56 Å². The van der Waals surface area contributed by atoms with Crippen molar-refractivity contribution in [3.63, 3.8) is 0 Å². The maximum atomic E-state index is 12.8. The number of carbonyl (C=O) groups is 1. The lowest BCUT2D eigenvalue weighted by Gasteiger charge is -2.18. The van der Waals surface area contributed by atoms with Crippen molar-refractivity contribution in [1.29, 1.82) is 0 Å². The molecule has 0 N–H and O–H groups in total. The third kappa shape index (κ3) is 3.18. The molecule has 0 atom stereocenters. The van der Waals surface area contributed by atoms with Gasteiger partial charge in [-0.2, -0.15) is 0 Å². The van der Waals surface area contributed by atoms with Gasteiger partial charge in [0.2, 0.25) is 5.91 Å². The number of aryl methyl sites for hydroxylation is 1. The van der Waals surface area contributed by atoms with Crippen LogP contribution in [0.15, 0.2) is 20.7 Å². The van der Waals surface area contributed by atoms with Crippen LogP contribution in [-0.4, -0.2) is 43.8 Å². The second kappa shape index (κ2) is 7.26. The topological polar surface area (TPSA) is 77.2 Å². The van der Waals surface area contributed by atoms with E-state index in [1.807, 2.05) is 18.7 Å². The molecule has 7 nitrogen and oxygen atoms in total. The second-order valence-corrected chi connectivity index (χ2v) is 7.96. The molecule has 2 aromatic heterocycles. The van der Waals surface area contributed by atoms with Gasteiger partial charge in [-0.25, -0.2) is 9.78 Å². The van der Waals surface area contributed by atoms with Gasteiger partial charge in [0, 0.05) is 38.3 Å². The first-order valence-electron chi connectivity index (χ1n) is 8.82. The van der Waals surface area contributed by atoms with E-state index in [4.69, 9.17) is 0 Å². The van der Waals surface area contributed by atoms with Crippen molar-refractivity contribution in [1.82, 2.24) is 19.0 Å². The summed E-state index contributed by atoms with van der Waals surface area (Å²) in [5.74, 6) is 0.525. The van der Waals surface area contributed by atoms with Crippen LogP contribution in [0.3, 0.4) is 0 Å². The van der Waals surface area contributed by atoms with Gasteiger partial charge in [-0.15, -0.1) is 11.8 Å². The number of likely N-dealkylation sites (tertiary alicyclic amines) is 1. The summed E-state index contributed by atoms with van der Waals surface area (Å²) in [4.78, 5) is 44.5. The highest BCUT2D eigenvalue weighted by atomic mass is 32.2. The first kappa shape index (κ1) is 18.7. The van der Waals surface area contributed by atoms with Gasteiger partial charge in [-0.1, -0.05) is 13.8 Å². The number of thioether (sulfide) groups is 1. The molecule has 3 rings (SSSR count). The molecular weight excluding hydrogens is 352 g/mol. The van der Waals surface area contributed by atoms with Gasteiger partial charge >= 0.3 is 5.69 Å². The Kier molecular flexibility index (Phi) is 5.22. The van der Waals surface area contributed by atoms with Crippen LogP contribution in [0.5, 0.6) is 0 Å². The summed E-state index contributed by atoms with van der Waals surface area (Å²) in [5, 5.41) is 0.417. The maximum Gasteiger partial charge on any atom is 0.332 e. The van der Waals surface area contributed by atoms with E-state index in [1.54, 1.807) is 13.2 Å². The first-order valence-corrected chi connectivity index (χ1v) is 9.80. The lowest BCUT2D eigenvalue weighted by Crippen LogP contribution is -2.37. The van der Waals surface area contributed by atoms with Crippen molar-refractivity contribution >= 4 is 28.7 Å². The molecule has 0 unspecified atom stereocenters. The molecule has 1 saturated heterocycles. The second-order valence-electron chi connectivity index (χ2n) is 6.98. The monoisotopic (exact) mass is 376 g/mol. The minimum atomic E-state index is -0.406. The first-order chi connectivity index (χ1) is 12.3. The summed E-state index contributed by atoms with van der Waals surface area (Å²) in [6, 6.07) is 0. The normalized spacial score (nSPS) is 14.6. The van der Waals surface area contributed by atoms with E-state index in [2.05, 4.69) is 4.98 Å². The Morgan fingerprint density at radius 2 is 1.85 bits per heavy atom. The lowest BCUT2D eigenvalue weighted by atomic mass is 10.0. The molecule has 1 aliphatic rings. The number of pyridine rings is 1. The van der Waals surface area contributed by atoms with Gasteiger partial charge < -0.3 is 4.90 Å². The zero-order chi connectivity index (χ0) is 19.0. The Hall–Kier alpha value is -2.09. The molecule has 140 valence electrons. The van der Waals surface area contributed by atoms with Crippen LogP contribution < -0.4 is 11.2 Å². The standard InChI is InChI=1S/C18H24N4O3S/c1-11(2)12-9-19-16-14(17(24)21(4)18(25)20(16)3)15(12)26-10-13(23)22-7-5-6-8-22/h9,11H,5-8,10H2,1-4H3. The van der Waals surface area contributed by atoms with Crippen molar-refractivity contribution in [3.8, 4) is 0 Å². The highest BCUT2D eigenvalue weighted by Crippen LogP contribution is 2.32. The molecule has 0 spiro atoms. The molecule has 0 bridgehead atoms. The lowest BCUT2D eigenvalue weighted by molar-refractivity contribution is -0.127. The van der Waals surface area contributed by atoms with Crippen molar-refractivity contribution in [3.05, 3.63) is 32.6 Å². The van der Waals surface area contributed by atoms with Crippen LogP contribution in [0, 0.1) is 0 Å². The van der Waals surface area contributed by atoms with Crippen LogP contribution in [-0.2, 0) is 18.9 Å². The summed E-state index contributed by atoms with van der Waals surface area (Å²) in [7, 11) is 3.08. The van der Waals surface area contributed by atoms with Crippen molar-refractivity contribution in [2.45, 2.75) is 37.5 Å². The molecule has 8 heteroatoms. The Labute approximate surface area is 156 Å². The number of hydrogen-bond acceptors (Lipinski definition) is 5. The molecule has 3 heterocycles. The fourth-order valence-corrected chi connectivity index (χ4v) is 4.50. The van der Waals surface area contributed by atoms with Gasteiger partial charge in [-0.3, -0.25) is 18.7 Å². The van der Waals surface area contributed by atoms with Crippen LogP contribution in [0.4, 0.5) is 0 Å². The fraction of sp³-hybridized carbons (Fsp3) is 0.556. The highest BCUT2D eigenvalue weighted by molar-refractivity contribution is 8.00. The zero-order valence-electron chi connectivity index (χ0n) is 15.6. The van der Waals surface area contributed by atoms with Gasteiger partial charge in [0.05, 0.1) is 11.1 Å².